The summed E-state index contributed by atoms with van der Waals surface area (Å²) in [5.41, 5.74) is 8.85. The molecule has 21 heavy (non-hydrogen) atoms. The van der Waals surface area contributed by atoms with E-state index >= 15 is 0 Å². The van der Waals surface area contributed by atoms with Crippen LogP contribution in [-0.4, -0.2) is 23.0 Å². The maximum absolute atomic E-state index is 6.37. The third-order valence-corrected chi connectivity index (χ3v) is 4.55. The fraction of sp³-hybridized carbons (Fsp3) is 0.353. The summed E-state index contributed by atoms with van der Waals surface area (Å²) in [5, 5.41) is 0. The molecular formula is C17H22BrN3. The molecule has 2 rings (SSSR count). The van der Waals surface area contributed by atoms with Gasteiger partial charge in [0.25, 0.3) is 0 Å². The van der Waals surface area contributed by atoms with E-state index in [2.05, 4.69) is 70.1 Å². The maximum Gasteiger partial charge on any atom is 0.0500 e. The number of nitrogens with zero attached hydrogens (tertiary/aromatic N) is 2. The lowest BCUT2D eigenvalue weighted by Crippen LogP contribution is -2.38. The van der Waals surface area contributed by atoms with Crippen LogP contribution in [0.1, 0.15) is 30.5 Å². The van der Waals surface area contributed by atoms with Crippen LogP contribution in [0.3, 0.4) is 0 Å². The van der Waals surface area contributed by atoms with Gasteiger partial charge < -0.3 is 5.73 Å². The molecule has 1 aromatic heterocycles. The predicted molar refractivity (Wildman–Crippen MR) is 90.9 cm³/mol. The van der Waals surface area contributed by atoms with Gasteiger partial charge in [-0.25, -0.2) is 0 Å². The van der Waals surface area contributed by atoms with Crippen molar-refractivity contribution in [2.75, 3.05) is 7.05 Å². The Kier molecular flexibility index (Phi) is 5.91. The quantitative estimate of drug-likeness (QED) is 0.864. The van der Waals surface area contributed by atoms with Crippen LogP contribution in [0, 0.1) is 0 Å². The molecule has 2 aromatic rings. The highest BCUT2D eigenvalue weighted by Crippen LogP contribution is 2.27. The van der Waals surface area contributed by atoms with Gasteiger partial charge in [0.1, 0.15) is 0 Å². The lowest BCUT2D eigenvalue weighted by molar-refractivity contribution is 0.201. The number of nitrogens with two attached hydrogens (primary N) is 1. The van der Waals surface area contributed by atoms with E-state index in [0.717, 1.165) is 17.4 Å². The Morgan fingerprint density at radius 3 is 2.48 bits per heavy atom. The first-order valence-electron chi connectivity index (χ1n) is 7.22. The average molecular weight is 348 g/mol. The number of likely N-dealkylation sites (N-methyl/N-ethyl adjacent to an activating group) is 1. The zero-order chi connectivity index (χ0) is 15.2. The van der Waals surface area contributed by atoms with Crippen molar-refractivity contribution in [3.8, 4) is 0 Å². The maximum atomic E-state index is 6.37. The Morgan fingerprint density at radius 1 is 1.19 bits per heavy atom. The van der Waals surface area contributed by atoms with Crippen LogP contribution in [-0.2, 0) is 6.54 Å². The third kappa shape index (κ3) is 4.13. The van der Waals surface area contributed by atoms with Crippen molar-refractivity contribution in [1.29, 1.82) is 0 Å². The molecule has 4 heteroatoms. The van der Waals surface area contributed by atoms with E-state index in [-0.39, 0.29) is 12.1 Å². The highest BCUT2D eigenvalue weighted by molar-refractivity contribution is 9.10. The Bertz CT molecular complexity index is 559. The summed E-state index contributed by atoms with van der Waals surface area (Å²) in [5.74, 6) is 0. The van der Waals surface area contributed by atoms with Crippen LogP contribution in [0.25, 0.3) is 0 Å². The van der Waals surface area contributed by atoms with Gasteiger partial charge in [-0.2, -0.15) is 0 Å². The van der Waals surface area contributed by atoms with Crippen molar-refractivity contribution in [2.24, 2.45) is 5.73 Å². The van der Waals surface area contributed by atoms with E-state index in [4.69, 9.17) is 5.73 Å². The molecule has 2 atom stereocenters. The van der Waals surface area contributed by atoms with E-state index < -0.39 is 0 Å². The van der Waals surface area contributed by atoms with Crippen LogP contribution in [0.5, 0.6) is 0 Å². The van der Waals surface area contributed by atoms with Gasteiger partial charge in [-0.3, -0.25) is 9.88 Å². The van der Waals surface area contributed by atoms with Gasteiger partial charge in [0.15, 0.2) is 0 Å². The van der Waals surface area contributed by atoms with Gasteiger partial charge in [0.2, 0.25) is 0 Å². The molecular weight excluding hydrogens is 326 g/mol. The first-order chi connectivity index (χ1) is 10.1. The summed E-state index contributed by atoms with van der Waals surface area (Å²) < 4.78 is 1.13. The minimum absolute atomic E-state index is 0.0971. The number of halogens is 1. The second-order valence-electron chi connectivity index (χ2n) is 5.30. The number of aromatic nitrogens is 1. The summed E-state index contributed by atoms with van der Waals surface area (Å²) >= 11 is 3.62. The number of hydrogen-bond donors (Lipinski definition) is 1. The molecule has 0 aliphatic heterocycles. The van der Waals surface area contributed by atoms with E-state index in [0.29, 0.717) is 0 Å². The fourth-order valence-corrected chi connectivity index (χ4v) is 3.02. The molecule has 0 fully saturated rings. The number of pyridine rings is 1. The van der Waals surface area contributed by atoms with Crippen LogP contribution >= 0.6 is 15.9 Å². The van der Waals surface area contributed by atoms with Crippen molar-refractivity contribution < 1.29 is 0 Å². The van der Waals surface area contributed by atoms with E-state index in [1.165, 1.54) is 11.1 Å². The van der Waals surface area contributed by atoms with Gasteiger partial charge in [-0.05, 0) is 42.8 Å². The number of hydrogen-bond acceptors (Lipinski definition) is 3. The van der Waals surface area contributed by atoms with Crippen LogP contribution < -0.4 is 5.73 Å². The van der Waals surface area contributed by atoms with Gasteiger partial charge in [0.05, 0.1) is 6.04 Å². The Hall–Kier alpha value is -1.23. The van der Waals surface area contributed by atoms with Gasteiger partial charge >= 0.3 is 0 Å². The number of rotatable bonds is 6. The minimum atomic E-state index is 0.0971. The van der Waals surface area contributed by atoms with Crippen molar-refractivity contribution >= 4 is 15.9 Å². The second kappa shape index (κ2) is 7.69. The normalized spacial score (nSPS) is 14.1. The molecule has 0 saturated heterocycles. The van der Waals surface area contributed by atoms with Gasteiger partial charge in [-0.1, -0.05) is 41.1 Å². The third-order valence-electron chi connectivity index (χ3n) is 3.78. The summed E-state index contributed by atoms with van der Waals surface area (Å²) in [7, 11) is 2.13. The molecule has 1 heterocycles. The molecule has 2 N–H and O–H groups in total. The SMILES string of the molecule is CCC(N)C(c1ccncc1)N(C)Cc1ccccc1Br. The van der Waals surface area contributed by atoms with Crippen LogP contribution in [0.15, 0.2) is 53.3 Å². The molecule has 0 aliphatic rings. The highest BCUT2D eigenvalue weighted by atomic mass is 79.9. The Labute approximate surface area is 135 Å². The van der Waals surface area contributed by atoms with Crippen molar-refractivity contribution in [2.45, 2.75) is 32.0 Å². The minimum Gasteiger partial charge on any atom is -0.326 e. The summed E-state index contributed by atoms with van der Waals surface area (Å²) in [6, 6.07) is 12.7. The summed E-state index contributed by atoms with van der Waals surface area (Å²) in [4.78, 5) is 6.41. The van der Waals surface area contributed by atoms with E-state index in [1.54, 1.807) is 0 Å². The lowest BCUT2D eigenvalue weighted by Gasteiger charge is -2.33. The zero-order valence-corrected chi connectivity index (χ0v) is 14.1. The molecule has 2 unspecified atom stereocenters. The molecule has 1 aromatic carbocycles. The smallest absolute Gasteiger partial charge is 0.0500 e. The highest BCUT2D eigenvalue weighted by Gasteiger charge is 2.23. The van der Waals surface area contributed by atoms with E-state index in [1.807, 2.05) is 18.5 Å². The average Bonchev–Trinajstić information content (AvgIpc) is 2.50. The molecule has 0 aliphatic carbocycles. The molecule has 0 bridgehead atoms. The summed E-state index contributed by atoms with van der Waals surface area (Å²) in [6.07, 6.45) is 4.60. The van der Waals surface area contributed by atoms with Crippen molar-refractivity contribution in [3.05, 3.63) is 64.4 Å². The van der Waals surface area contributed by atoms with E-state index in [9.17, 15) is 0 Å². The first kappa shape index (κ1) is 16.1. The van der Waals surface area contributed by atoms with Crippen molar-refractivity contribution in [3.63, 3.8) is 0 Å². The summed E-state index contributed by atoms with van der Waals surface area (Å²) in [6.45, 7) is 2.98. The molecule has 112 valence electrons. The Balaban J connectivity index is 2.23. The number of benzene rings is 1. The fourth-order valence-electron chi connectivity index (χ4n) is 2.61. The first-order valence-corrected chi connectivity index (χ1v) is 8.02. The van der Waals surface area contributed by atoms with Gasteiger partial charge in [-0.15, -0.1) is 0 Å². The standard InChI is InChI=1S/C17H22BrN3/c1-3-16(19)17(13-8-10-20-11-9-13)21(2)12-14-6-4-5-7-15(14)18/h4-11,16-17H,3,12,19H2,1-2H3. The van der Waals surface area contributed by atoms with Crippen LogP contribution in [0.4, 0.5) is 0 Å². The van der Waals surface area contributed by atoms with Crippen molar-refractivity contribution in [1.82, 2.24) is 9.88 Å². The zero-order valence-electron chi connectivity index (χ0n) is 12.5. The largest absolute Gasteiger partial charge is 0.326 e. The topological polar surface area (TPSA) is 42.1 Å². The molecule has 0 radical (unpaired) electrons. The molecule has 0 saturated carbocycles. The van der Waals surface area contributed by atoms with Gasteiger partial charge in [0, 0.05) is 29.5 Å². The second-order valence-corrected chi connectivity index (χ2v) is 6.16. The Morgan fingerprint density at radius 2 is 1.86 bits per heavy atom. The molecule has 3 nitrogen and oxygen atoms in total. The molecule has 0 amide bonds. The molecule has 0 spiro atoms. The van der Waals surface area contributed by atoms with Crippen LogP contribution in [0.2, 0.25) is 0 Å². The monoisotopic (exact) mass is 347 g/mol. The lowest BCUT2D eigenvalue weighted by atomic mass is 9.97. The predicted octanol–water partition coefficient (Wildman–Crippen LogP) is 3.75.